The van der Waals surface area contributed by atoms with Crippen LogP contribution in [0.5, 0.6) is 11.5 Å². The molecule has 0 radical (unpaired) electrons. The fourth-order valence-corrected chi connectivity index (χ4v) is 3.51. The topological polar surface area (TPSA) is 127 Å². The molecule has 0 aromatic heterocycles. The van der Waals surface area contributed by atoms with Gasteiger partial charge >= 0.3 is 11.4 Å². The Balaban J connectivity index is 2.80. The monoisotopic (exact) mass is 434 g/mol. The molecule has 0 spiro atoms. The number of hydrogen-bond acceptors (Lipinski definition) is 6. The van der Waals surface area contributed by atoms with Crippen LogP contribution in [0, 0.1) is 34.1 Å². The summed E-state index contributed by atoms with van der Waals surface area (Å²) in [6.07, 6.45) is 0. The molecule has 0 saturated heterocycles. The van der Waals surface area contributed by atoms with E-state index in [4.69, 9.17) is 34.8 Å². The Morgan fingerprint density at radius 1 is 0.852 bits per heavy atom. The van der Waals surface area contributed by atoms with Crippen LogP contribution in [0.3, 0.4) is 0 Å². The summed E-state index contributed by atoms with van der Waals surface area (Å²) in [5.41, 5.74) is -0.511. The zero-order valence-electron chi connectivity index (χ0n) is 13.9. The fourth-order valence-electron chi connectivity index (χ4n) is 2.76. The SMILES string of the molecule is Cc1cc(C(c2cc(C)c(O)c([N+](=O)[O-])c2)C(Cl)(Cl)Cl)cc([N+](=O)[O-])c1O. The molecular formula is C16H13Cl3N2O6. The van der Waals surface area contributed by atoms with E-state index < -0.39 is 42.4 Å². The fraction of sp³-hybridized carbons (Fsp3) is 0.250. The van der Waals surface area contributed by atoms with Crippen LogP contribution in [0.2, 0.25) is 0 Å². The van der Waals surface area contributed by atoms with Crippen molar-refractivity contribution in [2.45, 2.75) is 23.6 Å². The molecule has 0 atom stereocenters. The minimum atomic E-state index is -2.03. The van der Waals surface area contributed by atoms with Crippen LogP contribution < -0.4 is 0 Å². The number of aromatic hydroxyl groups is 2. The molecule has 0 heterocycles. The molecule has 2 aromatic rings. The summed E-state index contributed by atoms with van der Waals surface area (Å²) in [5.74, 6) is -2.20. The molecule has 0 saturated carbocycles. The van der Waals surface area contributed by atoms with E-state index in [-0.39, 0.29) is 22.3 Å². The van der Waals surface area contributed by atoms with Gasteiger partial charge in [-0.2, -0.15) is 0 Å². The van der Waals surface area contributed by atoms with E-state index in [1.807, 2.05) is 0 Å². The minimum absolute atomic E-state index is 0.163. The summed E-state index contributed by atoms with van der Waals surface area (Å²) in [6, 6.07) is 4.87. The molecule has 2 rings (SSSR count). The number of phenolic OH excluding ortho intramolecular Hbond substituents is 2. The van der Waals surface area contributed by atoms with E-state index in [1.54, 1.807) is 0 Å². The number of aryl methyl sites for hydroxylation is 2. The average Bonchev–Trinajstić information content (AvgIpc) is 2.52. The number of nitro benzene ring substituents is 2. The summed E-state index contributed by atoms with van der Waals surface area (Å²) in [6.45, 7) is 2.87. The zero-order valence-corrected chi connectivity index (χ0v) is 16.2. The third-order valence-electron chi connectivity index (χ3n) is 3.99. The molecule has 8 nitrogen and oxygen atoms in total. The molecule has 144 valence electrons. The summed E-state index contributed by atoms with van der Waals surface area (Å²) in [7, 11) is 0. The van der Waals surface area contributed by atoms with E-state index in [0.717, 1.165) is 12.1 Å². The lowest BCUT2D eigenvalue weighted by Gasteiger charge is -2.26. The minimum Gasteiger partial charge on any atom is -0.502 e. The maximum atomic E-state index is 11.2. The average molecular weight is 436 g/mol. The number of nitro groups is 2. The highest BCUT2D eigenvalue weighted by molar-refractivity contribution is 6.68. The normalized spacial score (nSPS) is 11.6. The standard InChI is InChI=1S/C16H13Cl3N2O6/c1-7-3-9(5-11(14(7)22)20(24)25)13(16(17,18)19)10-4-8(2)15(23)12(6-10)21(26)27/h3-6,13,22-23H,1-2H3. The first-order valence-electron chi connectivity index (χ1n) is 7.37. The highest BCUT2D eigenvalue weighted by Gasteiger charge is 2.38. The number of alkyl halides is 3. The lowest BCUT2D eigenvalue weighted by atomic mass is 9.89. The van der Waals surface area contributed by atoms with Crippen LogP contribution in [-0.4, -0.2) is 23.9 Å². The number of nitrogens with zero attached hydrogens (tertiary/aromatic N) is 2. The van der Waals surface area contributed by atoms with Gasteiger partial charge in [0.25, 0.3) is 0 Å². The quantitative estimate of drug-likeness (QED) is 0.394. The summed E-state index contributed by atoms with van der Waals surface area (Å²) < 4.78 is -2.03. The van der Waals surface area contributed by atoms with Crippen LogP contribution in [0.15, 0.2) is 24.3 Å². The predicted molar refractivity (Wildman–Crippen MR) is 101 cm³/mol. The lowest BCUT2D eigenvalue weighted by Crippen LogP contribution is -2.19. The summed E-state index contributed by atoms with van der Waals surface area (Å²) in [4.78, 5) is 20.8. The molecule has 0 aliphatic heterocycles. The van der Waals surface area contributed by atoms with Crippen molar-refractivity contribution in [2.24, 2.45) is 0 Å². The Morgan fingerprint density at radius 3 is 1.44 bits per heavy atom. The van der Waals surface area contributed by atoms with Crippen molar-refractivity contribution in [3.05, 3.63) is 66.7 Å². The van der Waals surface area contributed by atoms with Crippen molar-refractivity contribution >= 4 is 46.2 Å². The van der Waals surface area contributed by atoms with Gasteiger partial charge in [0.2, 0.25) is 3.79 Å². The Labute approximate surface area is 168 Å². The molecule has 11 heteroatoms. The van der Waals surface area contributed by atoms with Gasteiger partial charge in [0.1, 0.15) is 0 Å². The molecule has 0 bridgehead atoms. The van der Waals surface area contributed by atoms with Gasteiger partial charge in [-0.3, -0.25) is 20.2 Å². The summed E-state index contributed by atoms with van der Waals surface area (Å²) >= 11 is 18.2. The molecule has 0 amide bonds. The molecule has 2 aromatic carbocycles. The second-order valence-electron chi connectivity index (χ2n) is 5.90. The van der Waals surface area contributed by atoms with Gasteiger partial charge in [-0.15, -0.1) is 0 Å². The van der Waals surface area contributed by atoms with Crippen LogP contribution in [-0.2, 0) is 0 Å². The van der Waals surface area contributed by atoms with Gasteiger partial charge in [0.15, 0.2) is 11.5 Å². The highest BCUT2D eigenvalue weighted by Crippen LogP contribution is 2.49. The smallest absolute Gasteiger partial charge is 0.311 e. The molecule has 0 fully saturated rings. The van der Waals surface area contributed by atoms with Gasteiger partial charge in [-0.1, -0.05) is 46.9 Å². The summed E-state index contributed by atoms with van der Waals surface area (Å²) in [5, 5.41) is 42.2. The van der Waals surface area contributed by atoms with Crippen molar-refractivity contribution in [3.8, 4) is 11.5 Å². The van der Waals surface area contributed by atoms with E-state index in [2.05, 4.69) is 0 Å². The van der Waals surface area contributed by atoms with Gasteiger partial charge in [-0.05, 0) is 36.1 Å². The largest absolute Gasteiger partial charge is 0.502 e. The maximum Gasteiger partial charge on any atom is 0.311 e. The second kappa shape index (κ2) is 7.38. The van der Waals surface area contributed by atoms with Crippen molar-refractivity contribution in [3.63, 3.8) is 0 Å². The number of phenols is 2. The first kappa shape index (κ1) is 21.0. The van der Waals surface area contributed by atoms with Crippen LogP contribution in [0.4, 0.5) is 11.4 Å². The molecule has 0 aliphatic rings. The lowest BCUT2D eigenvalue weighted by molar-refractivity contribution is -0.386. The molecule has 27 heavy (non-hydrogen) atoms. The Kier molecular flexibility index (Phi) is 5.74. The van der Waals surface area contributed by atoms with E-state index >= 15 is 0 Å². The van der Waals surface area contributed by atoms with E-state index in [0.29, 0.717) is 0 Å². The third kappa shape index (κ3) is 4.18. The van der Waals surface area contributed by atoms with Gasteiger partial charge in [-0.25, -0.2) is 0 Å². The van der Waals surface area contributed by atoms with Crippen molar-refractivity contribution < 1.29 is 20.1 Å². The molecule has 0 aliphatic carbocycles. The van der Waals surface area contributed by atoms with Gasteiger partial charge < -0.3 is 10.2 Å². The molecule has 2 N–H and O–H groups in total. The van der Waals surface area contributed by atoms with E-state index in [9.17, 15) is 30.4 Å². The van der Waals surface area contributed by atoms with Gasteiger partial charge in [0.05, 0.1) is 15.8 Å². The molecule has 0 unspecified atom stereocenters. The maximum absolute atomic E-state index is 11.2. The van der Waals surface area contributed by atoms with Crippen molar-refractivity contribution in [2.75, 3.05) is 0 Å². The van der Waals surface area contributed by atoms with Crippen LogP contribution in [0.25, 0.3) is 0 Å². The number of benzene rings is 2. The Bertz CT molecular complexity index is 873. The number of hydrogen-bond donors (Lipinski definition) is 2. The predicted octanol–water partition coefficient (Wildman–Crippen LogP) is 5.03. The van der Waals surface area contributed by atoms with Gasteiger partial charge in [0, 0.05) is 12.1 Å². The zero-order chi connectivity index (χ0) is 20.7. The second-order valence-corrected chi connectivity index (χ2v) is 8.27. The van der Waals surface area contributed by atoms with Crippen LogP contribution in [0.1, 0.15) is 28.2 Å². The molecular weight excluding hydrogens is 423 g/mol. The first-order valence-corrected chi connectivity index (χ1v) is 8.50. The Hall–Kier alpha value is -2.29. The third-order valence-corrected chi connectivity index (χ3v) is 4.65. The van der Waals surface area contributed by atoms with Crippen LogP contribution >= 0.6 is 34.8 Å². The van der Waals surface area contributed by atoms with E-state index in [1.165, 1.54) is 26.0 Å². The Morgan fingerprint density at radius 2 is 1.19 bits per heavy atom. The highest BCUT2D eigenvalue weighted by atomic mass is 35.6. The number of halogens is 3. The first-order chi connectivity index (χ1) is 12.3. The van der Waals surface area contributed by atoms with Crippen molar-refractivity contribution in [1.29, 1.82) is 0 Å². The number of rotatable bonds is 4. The van der Waals surface area contributed by atoms with Crippen molar-refractivity contribution in [1.82, 2.24) is 0 Å².